The Morgan fingerprint density at radius 2 is 1.61 bits per heavy atom. The first-order chi connectivity index (χ1) is 15.9. The fourth-order valence-corrected chi connectivity index (χ4v) is 4.57. The lowest BCUT2D eigenvalue weighted by atomic mass is 9.98. The number of aliphatic carboxylic acids is 1. The molecule has 33 heavy (non-hydrogen) atoms. The Labute approximate surface area is 193 Å². The zero-order chi connectivity index (χ0) is 23.4. The van der Waals surface area contributed by atoms with Gasteiger partial charge >= 0.3 is 12.1 Å². The number of carbonyl (C=O) groups is 3. The van der Waals surface area contributed by atoms with Crippen LogP contribution in [0.2, 0.25) is 0 Å². The highest BCUT2D eigenvalue weighted by Gasteiger charge is 2.35. The van der Waals surface area contributed by atoms with E-state index in [1.165, 1.54) is 11.1 Å². The second-order valence-corrected chi connectivity index (χ2v) is 9.02. The van der Waals surface area contributed by atoms with Gasteiger partial charge in [-0.3, -0.25) is 9.59 Å². The number of carboxylic acids is 1. The zero-order valence-electron chi connectivity index (χ0n) is 18.8. The number of ether oxygens (including phenoxy) is 1. The van der Waals surface area contributed by atoms with E-state index in [1.54, 1.807) is 6.92 Å². The van der Waals surface area contributed by atoms with Crippen LogP contribution in [0.1, 0.15) is 56.1 Å². The number of nitrogens with one attached hydrogen (secondary N) is 2. The fraction of sp³-hybridized carbons (Fsp3) is 0.423. The molecule has 1 fully saturated rings. The Balaban J connectivity index is 1.31. The maximum absolute atomic E-state index is 12.6. The van der Waals surface area contributed by atoms with Crippen molar-refractivity contribution in [2.75, 3.05) is 6.61 Å². The van der Waals surface area contributed by atoms with Crippen LogP contribution in [0.15, 0.2) is 48.5 Å². The summed E-state index contributed by atoms with van der Waals surface area (Å²) in [6, 6.07) is 15.8. The lowest BCUT2D eigenvalue weighted by Crippen LogP contribution is -2.42. The second-order valence-electron chi connectivity index (χ2n) is 9.02. The molecular weight excluding hydrogens is 420 g/mol. The molecule has 2 aromatic rings. The van der Waals surface area contributed by atoms with Gasteiger partial charge in [-0.2, -0.15) is 0 Å². The van der Waals surface area contributed by atoms with Crippen molar-refractivity contribution >= 4 is 18.0 Å². The number of carboxylic acid groups (broad SMARTS) is 1. The summed E-state index contributed by atoms with van der Waals surface area (Å²) in [5.41, 5.74) is 4.65. The number of carbonyl (C=O) groups excluding carboxylic acids is 2. The average Bonchev–Trinajstić information content (AvgIpc) is 3.59. The molecule has 0 bridgehead atoms. The minimum absolute atomic E-state index is 0.00546. The van der Waals surface area contributed by atoms with Gasteiger partial charge < -0.3 is 20.5 Å². The zero-order valence-corrected chi connectivity index (χ0v) is 18.8. The molecule has 0 radical (unpaired) electrons. The van der Waals surface area contributed by atoms with Gasteiger partial charge in [-0.1, -0.05) is 48.5 Å². The third kappa shape index (κ3) is 5.72. The smallest absolute Gasteiger partial charge is 0.407 e. The van der Waals surface area contributed by atoms with E-state index in [4.69, 9.17) is 9.84 Å². The van der Waals surface area contributed by atoms with Crippen molar-refractivity contribution in [3.8, 4) is 11.1 Å². The molecule has 0 aliphatic heterocycles. The molecule has 2 aliphatic carbocycles. The van der Waals surface area contributed by atoms with Crippen molar-refractivity contribution in [2.24, 2.45) is 5.92 Å². The molecule has 3 N–H and O–H groups in total. The van der Waals surface area contributed by atoms with Gasteiger partial charge in [0.05, 0.1) is 0 Å². The normalized spacial score (nSPS) is 16.3. The summed E-state index contributed by atoms with van der Waals surface area (Å²) < 4.78 is 5.63. The molecule has 2 unspecified atom stereocenters. The van der Waals surface area contributed by atoms with Crippen LogP contribution in [0.4, 0.5) is 4.79 Å². The number of hydrogen-bond acceptors (Lipinski definition) is 4. The molecule has 2 amide bonds. The van der Waals surface area contributed by atoms with Gasteiger partial charge in [-0.05, 0) is 54.4 Å². The van der Waals surface area contributed by atoms with Crippen LogP contribution in [0.5, 0.6) is 0 Å². The number of amides is 2. The lowest BCUT2D eigenvalue weighted by Gasteiger charge is -2.21. The van der Waals surface area contributed by atoms with E-state index in [2.05, 4.69) is 34.9 Å². The third-order valence-electron chi connectivity index (χ3n) is 6.44. The number of benzene rings is 2. The van der Waals surface area contributed by atoms with E-state index in [0.717, 1.165) is 24.0 Å². The summed E-state index contributed by atoms with van der Waals surface area (Å²) in [4.78, 5) is 35.7. The van der Waals surface area contributed by atoms with Gasteiger partial charge in [-0.25, -0.2) is 4.79 Å². The Morgan fingerprint density at radius 3 is 2.18 bits per heavy atom. The summed E-state index contributed by atoms with van der Waals surface area (Å²) in [5.74, 6) is -0.820. The number of rotatable bonds is 10. The first-order valence-electron chi connectivity index (χ1n) is 11.5. The number of hydrogen-bond donors (Lipinski definition) is 3. The average molecular weight is 451 g/mol. The van der Waals surface area contributed by atoms with Crippen LogP contribution in [0.25, 0.3) is 11.1 Å². The molecule has 1 saturated carbocycles. The molecule has 0 spiro atoms. The molecule has 4 rings (SSSR count). The monoisotopic (exact) mass is 450 g/mol. The molecule has 0 saturated heterocycles. The van der Waals surface area contributed by atoms with E-state index >= 15 is 0 Å². The molecule has 7 nitrogen and oxygen atoms in total. The molecule has 174 valence electrons. The van der Waals surface area contributed by atoms with Gasteiger partial charge in [0, 0.05) is 30.8 Å². The van der Waals surface area contributed by atoms with Gasteiger partial charge in [-0.15, -0.1) is 0 Å². The number of alkyl carbamates (subject to hydrolysis) is 1. The predicted octanol–water partition coefficient (Wildman–Crippen LogP) is 4.06. The highest BCUT2D eigenvalue weighted by Crippen LogP contribution is 2.44. The van der Waals surface area contributed by atoms with Gasteiger partial charge in [0.2, 0.25) is 5.91 Å². The Kier molecular flexibility index (Phi) is 6.96. The van der Waals surface area contributed by atoms with Crippen LogP contribution in [-0.2, 0) is 14.3 Å². The van der Waals surface area contributed by atoms with E-state index in [1.807, 2.05) is 24.3 Å². The minimum Gasteiger partial charge on any atom is -0.481 e. The van der Waals surface area contributed by atoms with Crippen molar-refractivity contribution in [3.05, 3.63) is 59.7 Å². The van der Waals surface area contributed by atoms with Gasteiger partial charge in [0.15, 0.2) is 0 Å². The molecule has 2 aliphatic rings. The predicted molar refractivity (Wildman–Crippen MR) is 124 cm³/mol. The third-order valence-corrected chi connectivity index (χ3v) is 6.44. The molecule has 2 aromatic carbocycles. The summed E-state index contributed by atoms with van der Waals surface area (Å²) in [6.45, 7) is 2.02. The second kappa shape index (κ2) is 10.1. The van der Waals surface area contributed by atoms with Crippen molar-refractivity contribution in [1.82, 2.24) is 10.6 Å². The molecule has 7 heteroatoms. The summed E-state index contributed by atoms with van der Waals surface area (Å²) in [6.07, 6.45) is 1.96. The SMILES string of the molecule is CC(CCC(=O)O)NC(=O)CC(NC(=O)OCC1c2ccccc2-c2ccccc21)C1CC1. The number of fused-ring (bicyclic) bond motifs is 3. The highest BCUT2D eigenvalue weighted by molar-refractivity contribution is 5.80. The molecule has 2 atom stereocenters. The fourth-order valence-electron chi connectivity index (χ4n) is 4.57. The van der Waals surface area contributed by atoms with E-state index in [9.17, 15) is 14.4 Å². The maximum atomic E-state index is 12.6. The Bertz CT molecular complexity index is 987. The topological polar surface area (TPSA) is 105 Å². The Hall–Kier alpha value is -3.35. The van der Waals surface area contributed by atoms with E-state index in [-0.39, 0.29) is 49.3 Å². The van der Waals surface area contributed by atoms with Crippen molar-refractivity contribution in [2.45, 2.75) is 57.0 Å². The molecular formula is C26H30N2O5. The standard InChI is InChI=1S/C26H30N2O5/c1-16(10-13-25(30)31)27-24(29)14-23(17-11-12-17)28-26(32)33-15-22-20-8-4-2-6-18(20)19-7-3-5-9-21(19)22/h2-9,16-17,22-23H,10-15H2,1H3,(H,27,29)(H,28,32)(H,30,31). The van der Waals surface area contributed by atoms with Crippen molar-refractivity contribution in [1.29, 1.82) is 0 Å². The van der Waals surface area contributed by atoms with E-state index < -0.39 is 12.1 Å². The molecule has 0 heterocycles. The molecule has 0 aromatic heterocycles. The Morgan fingerprint density at radius 1 is 1.00 bits per heavy atom. The van der Waals surface area contributed by atoms with Crippen LogP contribution in [0.3, 0.4) is 0 Å². The van der Waals surface area contributed by atoms with Gasteiger partial charge in [0.1, 0.15) is 6.61 Å². The quantitative estimate of drug-likeness (QED) is 0.506. The van der Waals surface area contributed by atoms with Gasteiger partial charge in [0.25, 0.3) is 0 Å². The van der Waals surface area contributed by atoms with Crippen LogP contribution < -0.4 is 10.6 Å². The lowest BCUT2D eigenvalue weighted by molar-refractivity contribution is -0.137. The maximum Gasteiger partial charge on any atom is 0.407 e. The van der Waals surface area contributed by atoms with Crippen LogP contribution in [0, 0.1) is 5.92 Å². The first kappa shape index (κ1) is 22.8. The van der Waals surface area contributed by atoms with Crippen molar-refractivity contribution < 1.29 is 24.2 Å². The van der Waals surface area contributed by atoms with Crippen LogP contribution in [-0.4, -0.2) is 41.8 Å². The summed E-state index contributed by atoms with van der Waals surface area (Å²) in [5, 5.41) is 14.5. The summed E-state index contributed by atoms with van der Waals surface area (Å²) in [7, 11) is 0. The van der Waals surface area contributed by atoms with E-state index in [0.29, 0.717) is 6.42 Å². The first-order valence-corrected chi connectivity index (χ1v) is 11.5. The highest BCUT2D eigenvalue weighted by atomic mass is 16.5. The largest absolute Gasteiger partial charge is 0.481 e. The van der Waals surface area contributed by atoms with Crippen molar-refractivity contribution in [3.63, 3.8) is 0 Å². The minimum atomic E-state index is -0.885. The summed E-state index contributed by atoms with van der Waals surface area (Å²) >= 11 is 0. The van der Waals surface area contributed by atoms with Crippen LogP contribution >= 0.6 is 0 Å².